The van der Waals surface area contributed by atoms with Crippen LogP contribution in [0.15, 0.2) is 48.5 Å². The number of hydrogen-bond acceptors (Lipinski definition) is 8. The predicted octanol–water partition coefficient (Wildman–Crippen LogP) is 6.42. The fourth-order valence-electron chi connectivity index (χ4n) is 2.67. The summed E-state index contributed by atoms with van der Waals surface area (Å²) in [6.07, 6.45) is 5.17. The molecule has 0 aliphatic heterocycles. The van der Waals surface area contributed by atoms with Crippen molar-refractivity contribution in [3.63, 3.8) is 0 Å². The standard InChI is InChI=1S/C27H34O8/c1-4-7-10-25(32-34-26(28)21-11-15-23(16-12-21)30-19-8-5-2)33-35-27(29)22-13-17-24(18-14-22)31-20-9-6-3/h11-18H,1,4-10,19-20H2,2-3H3. The van der Waals surface area contributed by atoms with Gasteiger partial charge >= 0.3 is 18.2 Å². The van der Waals surface area contributed by atoms with Crippen molar-refractivity contribution >= 4 is 11.9 Å². The minimum Gasteiger partial charge on any atom is -0.494 e. The maximum Gasteiger partial charge on any atom is 0.373 e. The Morgan fingerprint density at radius 1 is 0.657 bits per heavy atom. The second kappa shape index (κ2) is 16.5. The molecule has 0 aliphatic rings. The zero-order chi connectivity index (χ0) is 25.3. The van der Waals surface area contributed by atoms with Gasteiger partial charge in [-0.15, -0.1) is 9.78 Å². The molecule has 0 saturated heterocycles. The molecule has 35 heavy (non-hydrogen) atoms. The average Bonchev–Trinajstić information content (AvgIpc) is 2.89. The Hall–Kier alpha value is -3.10. The van der Waals surface area contributed by atoms with Crippen molar-refractivity contribution in [2.24, 2.45) is 0 Å². The molecule has 0 amide bonds. The number of hydrogen-bond donors (Lipinski definition) is 0. The highest BCUT2D eigenvalue weighted by atomic mass is 17.3. The topological polar surface area (TPSA) is 89.5 Å². The lowest BCUT2D eigenvalue weighted by molar-refractivity contribution is -0.363. The summed E-state index contributed by atoms with van der Waals surface area (Å²) in [4.78, 5) is 44.3. The quantitative estimate of drug-likeness (QED) is 0.144. The van der Waals surface area contributed by atoms with Crippen LogP contribution in [0, 0.1) is 13.2 Å². The summed E-state index contributed by atoms with van der Waals surface area (Å²) in [6, 6.07) is 13.0. The van der Waals surface area contributed by atoms with Gasteiger partial charge in [-0.05, 0) is 67.8 Å². The van der Waals surface area contributed by atoms with Crippen LogP contribution in [-0.4, -0.2) is 25.2 Å². The molecule has 0 unspecified atom stereocenters. The molecule has 2 radical (unpaired) electrons. The van der Waals surface area contributed by atoms with Crippen molar-refractivity contribution in [2.45, 2.75) is 58.8 Å². The molecule has 2 aromatic rings. The third kappa shape index (κ3) is 10.8. The fourth-order valence-corrected chi connectivity index (χ4v) is 2.67. The minimum atomic E-state index is -0.731. The Bertz CT molecular complexity index is 794. The van der Waals surface area contributed by atoms with E-state index in [-0.39, 0.29) is 23.8 Å². The second-order valence-corrected chi connectivity index (χ2v) is 7.69. The van der Waals surface area contributed by atoms with Crippen LogP contribution >= 0.6 is 0 Å². The van der Waals surface area contributed by atoms with Crippen molar-refractivity contribution in [1.82, 2.24) is 0 Å². The molecule has 2 aromatic carbocycles. The molecule has 0 saturated carbocycles. The zero-order valence-electron chi connectivity index (χ0n) is 20.5. The van der Waals surface area contributed by atoms with Gasteiger partial charge in [0.25, 0.3) is 0 Å². The number of rotatable bonds is 17. The average molecular weight is 487 g/mol. The van der Waals surface area contributed by atoms with Gasteiger partial charge in [0.15, 0.2) is 0 Å². The van der Waals surface area contributed by atoms with E-state index in [1.54, 1.807) is 48.5 Å². The third-order valence-corrected chi connectivity index (χ3v) is 4.76. The van der Waals surface area contributed by atoms with Crippen molar-refractivity contribution in [2.75, 3.05) is 13.2 Å². The van der Waals surface area contributed by atoms with Crippen molar-refractivity contribution in [3.05, 3.63) is 72.9 Å². The Labute approximate surface area is 207 Å². The molecule has 8 heteroatoms. The first kappa shape index (κ1) is 28.1. The van der Waals surface area contributed by atoms with Gasteiger partial charge in [0, 0.05) is 6.42 Å². The van der Waals surface area contributed by atoms with Crippen LogP contribution in [-0.2, 0) is 19.6 Å². The first-order valence-corrected chi connectivity index (χ1v) is 12.0. The molecular weight excluding hydrogens is 452 g/mol. The van der Waals surface area contributed by atoms with Gasteiger partial charge < -0.3 is 9.47 Å². The van der Waals surface area contributed by atoms with Crippen molar-refractivity contribution in [1.29, 1.82) is 0 Å². The summed E-state index contributed by atoms with van der Waals surface area (Å²) in [7, 11) is 0. The van der Waals surface area contributed by atoms with Crippen LogP contribution in [0.3, 0.4) is 0 Å². The van der Waals surface area contributed by atoms with E-state index in [2.05, 4.69) is 20.8 Å². The lowest BCUT2D eigenvalue weighted by Crippen LogP contribution is -2.16. The molecule has 0 N–H and O–H groups in total. The molecule has 0 aromatic heterocycles. The van der Waals surface area contributed by atoms with E-state index in [0.717, 1.165) is 25.7 Å². The number of carbonyl (C=O) groups is 2. The second-order valence-electron chi connectivity index (χ2n) is 7.69. The molecule has 190 valence electrons. The van der Waals surface area contributed by atoms with Gasteiger partial charge in [-0.25, -0.2) is 9.59 Å². The highest BCUT2D eigenvalue weighted by Gasteiger charge is 2.21. The minimum absolute atomic E-state index is 0.172. The predicted molar refractivity (Wildman–Crippen MR) is 129 cm³/mol. The van der Waals surface area contributed by atoms with E-state index in [4.69, 9.17) is 29.0 Å². The van der Waals surface area contributed by atoms with Gasteiger partial charge in [0.1, 0.15) is 11.5 Å². The zero-order valence-corrected chi connectivity index (χ0v) is 20.5. The summed E-state index contributed by atoms with van der Waals surface area (Å²) in [5.41, 5.74) is 0.533. The summed E-state index contributed by atoms with van der Waals surface area (Å²) in [5.74, 6) is -0.138. The van der Waals surface area contributed by atoms with Crippen LogP contribution in [0.1, 0.15) is 79.5 Å². The highest BCUT2D eigenvalue weighted by Crippen LogP contribution is 2.20. The van der Waals surface area contributed by atoms with Crippen LogP contribution in [0.5, 0.6) is 11.5 Å². The van der Waals surface area contributed by atoms with E-state index in [0.29, 0.717) is 37.6 Å². The van der Waals surface area contributed by atoms with Crippen LogP contribution < -0.4 is 9.47 Å². The van der Waals surface area contributed by atoms with Gasteiger partial charge in [0.05, 0.1) is 24.3 Å². The normalized spacial score (nSPS) is 10.7. The molecule has 0 spiro atoms. The van der Waals surface area contributed by atoms with Crippen molar-refractivity contribution in [3.8, 4) is 11.5 Å². The highest BCUT2D eigenvalue weighted by molar-refractivity contribution is 5.89. The van der Waals surface area contributed by atoms with Crippen LogP contribution in [0.25, 0.3) is 0 Å². The van der Waals surface area contributed by atoms with Gasteiger partial charge in [-0.1, -0.05) is 40.0 Å². The van der Waals surface area contributed by atoms with E-state index in [1.165, 1.54) is 0 Å². The molecule has 0 atom stereocenters. The van der Waals surface area contributed by atoms with Gasteiger partial charge in [-0.2, -0.15) is 0 Å². The molecule has 0 bridgehead atoms. The lowest BCUT2D eigenvalue weighted by atomic mass is 10.2. The van der Waals surface area contributed by atoms with Crippen molar-refractivity contribution < 1.29 is 38.6 Å². The van der Waals surface area contributed by atoms with E-state index in [1.807, 2.05) is 0 Å². The Balaban J connectivity index is 1.83. The molecule has 8 nitrogen and oxygen atoms in total. The monoisotopic (exact) mass is 486 g/mol. The van der Waals surface area contributed by atoms with E-state index >= 15 is 0 Å². The molecule has 0 heterocycles. The largest absolute Gasteiger partial charge is 0.494 e. The van der Waals surface area contributed by atoms with Crippen LogP contribution in [0.4, 0.5) is 0 Å². The molecule has 0 fully saturated rings. The molecular formula is C27H34O8. The summed E-state index contributed by atoms with van der Waals surface area (Å²) in [6.45, 7) is 9.13. The summed E-state index contributed by atoms with van der Waals surface area (Å²) >= 11 is 0. The van der Waals surface area contributed by atoms with E-state index in [9.17, 15) is 9.59 Å². The SMILES string of the molecule is [CH2]CCC[C](OOC(=O)c1ccc(OCCCC)cc1)OOC(=O)c1ccc(OCCCC)cc1. The summed E-state index contributed by atoms with van der Waals surface area (Å²) < 4.78 is 11.1. The molecule has 2 rings (SSSR count). The van der Waals surface area contributed by atoms with Gasteiger partial charge in [0.2, 0.25) is 0 Å². The van der Waals surface area contributed by atoms with Crippen LogP contribution in [0.2, 0.25) is 0 Å². The third-order valence-electron chi connectivity index (χ3n) is 4.76. The Morgan fingerprint density at radius 3 is 1.46 bits per heavy atom. The van der Waals surface area contributed by atoms with E-state index < -0.39 is 11.9 Å². The smallest absolute Gasteiger partial charge is 0.373 e. The maximum absolute atomic E-state index is 12.3. The Morgan fingerprint density at radius 2 is 1.09 bits per heavy atom. The molecule has 0 aliphatic carbocycles. The maximum atomic E-state index is 12.3. The Kier molecular flexibility index (Phi) is 13.3. The number of unbranched alkanes of at least 4 members (excludes halogenated alkanes) is 3. The summed E-state index contributed by atoms with van der Waals surface area (Å²) in [5, 5.41) is 0. The lowest BCUT2D eigenvalue weighted by Gasteiger charge is -2.13. The fraction of sp³-hybridized carbons (Fsp3) is 0.407. The number of carbonyl (C=O) groups excluding carboxylic acids is 2. The first-order valence-electron chi connectivity index (χ1n) is 12.0. The number of ether oxygens (including phenoxy) is 2. The van der Waals surface area contributed by atoms with Gasteiger partial charge in [-0.3, -0.25) is 9.78 Å². The number of benzene rings is 2. The first-order chi connectivity index (χ1) is 17.1.